The number of allylic oxidation sites excluding steroid dienone is 1. The molecule has 78 valence electrons. The van der Waals surface area contributed by atoms with Gasteiger partial charge < -0.3 is 5.11 Å². The van der Waals surface area contributed by atoms with Gasteiger partial charge in [0.05, 0.1) is 0 Å². The van der Waals surface area contributed by atoms with Gasteiger partial charge in [0.2, 0.25) is 0 Å². The standard InChI is InChI=1S/C13H14O2/c1-9(14)11-8-4-6-10-5-2-3-7-12(10)13(11)15/h2-3,5,7,15H,4,6,8H2,1H3. The SMILES string of the molecule is CC(=O)C1=C(O)c2ccccc2CCC1. The van der Waals surface area contributed by atoms with Gasteiger partial charge in [-0.05, 0) is 31.7 Å². The molecule has 0 heterocycles. The van der Waals surface area contributed by atoms with Crippen molar-refractivity contribution in [3.05, 3.63) is 41.0 Å². The Hall–Kier alpha value is -1.57. The number of aliphatic hydroxyl groups is 1. The van der Waals surface area contributed by atoms with Gasteiger partial charge >= 0.3 is 0 Å². The first-order valence-electron chi connectivity index (χ1n) is 5.21. The second-order valence-electron chi connectivity index (χ2n) is 3.89. The zero-order valence-corrected chi connectivity index (χ0v) is 8.79. The van der Waals surface area contributed by atoms with Gasteiger partial charge in [0, 0.05) is 11.1 Å². The third-order valence-electron chi connectivity index (χ3n) is 2.86. The summed E-state index contributed by atoms with van der Waals surface area (Å²) in [6.45, 7) is 1.51. The molecule has 0 amide bonds. The summed E-state index contributed by atoms with van der Waals surface area (Å²) in [5, 5.41) is 10.0. The normalized spacial score (nSPS) is 15.8. The van der Waals surface area contributed by atoms with E-state index in [-0.39, 0.29) is 11.5 Å². The van der Waals surface area contributed by atoms with Gasteiger partial charge in [-0.1, -0.05) is 24.3 Å². The van der Waals surface area contributed by atoms with E-state index in [1.54, 1.807) is 0 Å². The van der Waals surface area contributed by atoms with Crippen molar-refractivity contribution in [1.29, 1.82) is 0 Å². The third kappa shape index (κ3) is 1.80. The fourth-order valence-electron chi connectivity index (χ4n) is 2.05. The highest BCUT2D eigenvalue weighted by Crippen LogP contribution is 2.28. The van der Waals surface area contributed by atoms with Crippen LogP contribution in [0.25, 0.3) is 5.76 Å². The number of fused-ring (bicyclic) bond motifs is 1. The molecule has 0 bridgehead atoms. The van der Waals surface area contributed by atoms with Crippen molar-refractivity contribution in [2.45, 2.75) is 26.2 Å². The van der Waals surface area contributed by atoms with Crippen molar-refractivity contribution in [3.63, 3.8) is 0 Å². The maximum Gasteiger partial charge on any atom is 0.159 e. The van der Waals surface area contributed by atoms with Crippen LogP contribution in [-0.4, -0.2) is 10.9 Å². The topological polar surface area (TPSA) is 37.3 Å². The molecule has 1 aliphatic carbocycles. The summed E-state index contributed by atoms with van der Waals surface area (Å²) >= 11 is 0. The first-order valence-corrected chi connectivity index (χ1v) is 5.21. The molecule has 1 N–H and O–H groups in total. The molecule has 0 saturated heterocycles. The summed E-state index contributed by atoms with van der Waals surface area (Å²) in [6.07, 6.45) is 2.53. The van der Waals surface area contributed by atoms with E-state index in [0.717, 1.165) is 24.0 Å². The van der Waals surface area contributed by atoms with Gasteiger partial charge in [0.25, 0.3) is 0 Å². The minimum atomic E-state index is -0.0239. The summed E-state index contributed by atoms with van der Waals surface area (Å²) in [5.41, 5.74) is 2.52. The first-order chi connectivity index (χ1) is 7.20. The predicted octanol–water partition coefficient (Wildman–Crippen LogP) is 2.88. The lowest BCUT2D eigenvalue weighted by molar-refractivity contribution is -0.113. The average molecular weight is 202 g/mol. The molecule has 1 aliphatic rings. The lowest BCUT2D eigenvalue weighted by Gasteiger charge is -2.06. The molecular weight excluding hydrogens is 188 g/mol. The smallest absolute Gasteiger partial charge is 0.159 e. The fraction of sp³-hybridized carbons (Fsp3) is 0.308. The Morgan fingerprint density at radius 1 is 1.27 bits per heavy atom. The number of aliphatic hydroxyl groups excluding tert-OH is 1. The Balaban J connectivity index is 2.57. The zero-order chi connectivity index (χ0) is 10.8. The summed E-state index contributed by atoms with van der Waals surface area (Å²) in [5.74, 6) is 0.153. The van der Waals surface area contributed by atoms with Gasteiger partial charge in [0.1, 0.15) is 5.76 Å². The molecule has 0 radical (unpaired) electrons. The molecule has 15 heavy (non-hydrogen) atoms. The van der Waals surface area contributed by atoms with E-state index in [4.69, 9.17) is 0 Å². The van der Waals surface area contributed by atoms with E-state index in [2.05, 4.69) is 0 Å². The lowest BCUT2D eigenvalue weighted by Crippen LogP contribution is -2.00. The highest BCUT2D eigenvalue weighted by molar-refractivity contribution is 6.00. The van der Waals surface area contributed by atoms with Crippen molar-refractivity contribution in [2.24, 2.45) is 0 Å². The number of rotatable bonds is 1. The van der Waals surface area contributed by atoms with Gasteiger partial charge in [-0.2, -0.15) is 0 Å². The third-order valence-corrected chi connectivity index (χ3v) is 2.86. The number of Topliss-reactive ketones (excluding diaryl/α,β-unsaturated/α-hetero) is 1. The molecular formula is C13H14O2. The summed E-state index contributed by atoms with van der Waals surface area (Å²) < 4.78 is 0. The average Bonchev–Trinajstić information content (AvgIpc) is 2.39. The largest absolute Gasteiger partial charge is 0.507 e. The van der Waals surface area contributed by atoms with Crippen molar-refractivity contribution in [2.75, 3.05) is 0 Å². The number of carbonyl (C=O) groups excluding carboxylic acids is 1. The molecule has 2 heteroatoms. The molecule has 0 aromatic heterocycles. The number of aryl methyl sites for hydroxylation is 1. The highest BCUT2D eigenvalue weighted by atomic mass is 16.3. The van der Waals surface area contributed by atoms with Crippen LogP contribution >= 0.6 is 0 Å². The van der Waals surface area contributed by atoms with E-state index in [1.807, 2.05) is 24.3 Å². The van der Waals surface area contributed by atoms with Crippen LogP contribution < -0.4 is 0 Å². The van der Waals surface area contributed by atoms with Crippen molar-refractivity contribution < 1.29 is 9.90 Å². The van der Waals surface area contributed by atoms with E-state index in [1.165, 1.54) is 6.92 Å². The number of benzene rings is 1. The van der Waals surface area contributed by atoms with E-state index in [0.29, 0.717) is 12.0 Å². The van der Waals surface area contributed by atoms with E-state index >= 15 is 0 Å². The monoisotopic (exact) mass is 202 g/mol. The quantitative estimate of drug-likeness (QED) is 0.760. The van der Waals surface area contributed by atoms with Crippen LogP contribution in [0.2, 0.25) is 0 Å². The van der Waals surface area contributed by atoms with Crippen LogP contribution in [0.3, 0.4) is 0 Å². The van der Waals surface area contributed by atoms with Gasteiger partial charge in [-0.25, -0.2) is 0 Å². The molecule has 0 fully saturated rings. The Morgan fingerprint density at radius 2 is 2.00 bits per heavy atom. The summed E-state index contributed by atoms with van der Waals surface area (Å²) in [7, 11) is 0. The van der Waals surface area contributed by atoms with Crippen LogP contribution in [0.5, 0.6) is 0 Å². The zero-order valence-electron chi connectivity index (χ0n) is 8.79. The highest BCUT2D eigenvalue weighted by Gasteiger charge is 2.18. The summed E-state index contributed by atoms with van der Waals surface area (Å²) in [6, 6.07) is 7.73. The minimum Gasteiger partial charge on any atom is -0.507 e. The van der Waals surface area contributed by atoms with Crippen LogP contribution in [0, 0.1) is 0 Å². The second kappa shape index (κ2) is 3.89. The fourth-order valence-corrected chi connectivity index (χ4v) is 2.05. The molecule has 0 spiro atoms. The molecule has 0 aliphatic heterocycles. The van der Waals surface area contributed by atoms with Crippen LogP contribution in [0.1, 0.15) is 30.9 Å². The molecule has 1 aromatic carbocycles. The number of ketones is 1. The lowest BCUT2D eigenvalue weighted by atomic mass is 10.0. The first kappa shape index (κ1) is 9.97. The van der Waals surface area contributed by atoms with Crippen molar-refractivity contribution >= 4 is 11.5 Å². The van der Waals surface area contributed by atoms with E-state index < -0.39 is 0 Å². The maximum atomic E-state index is 11.4. The second-order valence-corrected chi connectivity index (χ2v) is 3.89. The van der Waals surface area contributed by atoms with Gasteiger partial charge in [-0.3, -0.25) is 4.79 Å². The predicted molar refractivity (Wildman–Crippen MR) is 59.6 cm³/mol. The maximum absolute atomic E-state index is 11.4. The van der Waals surface area contributed by atoms with Gasteiger partial charge in [0.15, 0.2) is 5.78 Å². The van der Waals surface area contributed by atoms with Crippen molar-refractivity contribution in [1.82, 2.24) is 0 Å². The van der Waals surface area contributed by atoms with E-state index in [9.17, 15) is 9.90 Å². The number of hydrogen-bond acceptors (Lipinski definition) is 2. The molecule has 0 saturated carbocycles. The van der Waals surface area contributed by atoms with Crippen LogP contribution in [-0.2, 0) is 11.2 Å². The van der Waals surface area contributed by atoms with Crippen LogP contribution in [0.4, 0.5) is 0 Å². The molecule has 0 unspecified atom stereocenters. The number of hydrogen-bond donors (Lipinski definition) is 1. The Bertz CT molecular complexity index is 430. The Morgan fingerprint density at radius 3 is 2.73 bits per heavy atom. The van der Waals surface area contributed by atoms with Gasteiger partial charge in [-0.15, -0.1) is 0 Å². The molecule has 1 aromatic rings. The Labute approximate surface area is 89.2 Å². The Kier molecular flexibility index (Phi) is 2.58. The van der Waals surface area contributed by atoms with Crippen LogP contribution in [0.15, 0.2) is 29.8 Å². The summed E-state index contributed by atoms with van der Waals surface area (Å²) in [4.78, 5) is 11.4. The molecule has 2 nitrogen and oxygen atoms in total. The number of carbonyl (C=O) groups is 1. The molecule has 0 atom stereocenters. The molecule has 2 rings (SSSR count). The van der Waals surface area contributed by atoms with Crippen molar-refractivity contribution in [3.8, 4) is 0 Å². The minimum absolute atomic E-state index is 0.0239.